The Bertz CT molecular complexity index is 234. The maximum atomic E-state index is 9.06. The average molecular weight is 211 g/mol. The monoisotopic (exact) mass is 211 g/mol. The van der Waals surface area contributed by atoms with Crippen LogP contribution in [0.25, 0.3) is 0 Å². The first-order valence-corrected chi connectivity index (χ1v) is 6.36. The molecule has 2 fully saturated rings. The summed E-state index contributed by atoms with van der Waals surface area (Å²) in [7, 11) is 0. The van der Waals surface area contributed by atoms with Gasteiger partial charge in [-0.3, -0.25) is 0 Å². The minimum atomic E-state index is 0.289. The van der Waals surface area contributed by atoms with Crippen LogP contribution in [-0.4, -0.2) is 23.7 Å². The Morgan fingerprint density at radius 2 is 2.14 bits per heavy atom. The molecule has 0 amide bonds. The molecule has 1 aliphatic carbocycles. The van der Waals surface area contributed by atoms with Gasteiger partial charge in [-0.05, 0) is 25.2 Å². The molecule has 2 nitrogen and oxygen atoms in total. The molecule has 1 heterocycles. The van der Waals surface area contributed by atoms with Crippen LogP contribution in [0.2, 0.25) is 0 Å². The summed E-state index contributed by atoms with van der Waals surface area (Å²) in [6.45, 7) is 4.10. The smallest absolute Gasteiger partial charge is 0.0667 e. The first-order chi connectivity index (χ1) is 6.79. The lowest BCUT2D eigenvalue weighted by Gasteiger charge is -2.35. The van der Waals surface area contributed by atoms with Crippen LogP contribution < -0.4 is 0 Å². The largest absolute Gasteiger partial charge is 0.379 e. The Balaban J connectivity index is 1.88. The highest BCUT2D eigenvalue weighted by Crippen LogP contribution is 2.39. The summed E-state index contributed by atoms with van der Waals surface area (Å²) in [6, 6.07) is 2.47. The van der Waals surface area contributed by atoms with Crippen LogP contribution in [0, 0.1) is 23.2 Å². The summed E-state index contributed by atoms with van der Waals surface area (Å²) in [4.78, 5) is 0. The molecule has 3 heteroatoms. The van der Waals surface area contributed by atoms with Crippen molar-refractivity contribution in [3.63, 3.8) is 0 Å². The van der Waals surface area contributed by atoms with Gasteiger partial charge in [-0.15, -0.1) is 11.8 Å². The van der Waals surface area contributed by atoms with E-state index in [0.29, 0.717) is 10.5 Å². The minimum absolute atomic E-state index is 0.289. The van der Waals surface area contributed by atoms with Gasteiger partial charge in [0.2, 0.25) is 0 Å². The Kier molecular flexibility index (Phi) is 3.35. The zero-order valence-electron chi connectivity index (χ0n) is 8.61. The highest BCUT2D eigenvalue weighted by atomic mass is 32.2. The fourth-order valence-corrected chi connectivity index (χ4v) is 3.84. The first kappa shape index (κ1) is 10.3. The van der Waals surface area contributed by atoms with Gasteiger partial charge in [0, 0.05) is 5.25 Å². The normalized spacial score (nSPS) is 38.7. The number of nitrogens with zero attached hydrogens (tertiary/aromatic N) is 1. The van der Waals surface area contributed by atoms with Crippen molar-refractivity contribution in [3.8, 4) is 6.07 Å². The van der Waals surface area contributed by atoms with Crippen LogP contribution in [0.5, 0.6) is 0 Å². The molecule has 0 aromatic heterocycles. The highest BCUT2D eigenvalue weighted by molar-refractivity contribution is 8.00. The molecule has 2 rings (SSSR count). The molecule has 2 aliphatic rings. The lowest BCUT2D eigenvalue weighted by molar-refractivity contribution is 0.0450. The average Bonchev–Trinajstić information content (AvgIpc) is 2.12. The van der Waals surface area contributed by atoms with E-state index in [1.165, 1.54) is 12.8 Å². The van der Waals surface area contributed by atoms with Crippen molar-refractivity contribution < 1.29 is 4.74 Å². The Morgan fingerprint density at radius 1 is 1.36 bits per heavy atom. The SMILES string of the molecule is CC1CCC(C#N)C(SC2COC2)C1. The maximum absolute atomic E-state index is 9.06. The molecule has 0 radical (unpaired) electrons. The number of hydrogen-bond donors (Lipinski definition) is 0. The Morgan fingerprint density at radius 3 is 2.71 bits per heavy atom. The third-order valence-electron chi connectivity index (χ3n) is 3.19. The summed E-state index contributed by atoms with van der Waals surface area (Å²) in [5.74, 6) is 1.09. The Labute approximate surface area is 90.0 Å². The van der Waals surface area contributed by atoms with E-state index in [0.717, 1.165) is 25.6 Å². The molecule has 78 valence electrons. The first-order valence-electron chi connectivity index (χ1n) is 5.42. The molecule has 1 saturated carbocycles. The molecule has 0 bridgehead atoms. The van der Waals surface area contributed by atoms with Crippen molar-refractivity contribution in [2.24, 2.45) is 11.8 Å². The quantitative estimate of drug-likeness (QED) is 0.703. The number of hydrogen-bond acceptors (Lipinski definition) is 3. The second kappa shape index (κ2) is 4.55. The molecule has 0 N–H and O–H groups in total. The van der Waals surface area contributed by atoms with E-state index in [9.17, 15) is 0 Å². The van der Waals surface area contributed by atoms with Gasteiger partial charge in [-0.2, -0.15) is 5.26 Å². The molecule has 1 saturated heterocycles. The lowest BCUT2D eigenvalue weighted by Crippen LogP contribution is -2.35. The second-order valence-corrected chi connectivity index (χ2v) is 6.03. The number of rotatable bonds is 2. The molecule has 3 unspecified atom stereocenters. The van der Waals surface area contributed by atoms with E-state index in [-0.39, 0.29) is 5.92 Å². The van der Waals surface area contributed by atoms with Crippen LogP contribution in [-0.2, 0) is 4.74 Å². The van der Waals surface area contributed by atoms with Gasteiger partial charge in [-0.1, -0.05) is 6.92 Å². The number of ether oxygens (including phenoxy) is 1. The molecule has 0 aromatic rings. The van der Waals surface area contributed by atoms with Crippen molar-refractivity contribution in [2.45, 2.75) is 36.7 Å². The fraction of sp³-hybridized carbons (Fsp3) is 0.909. The standard InChI is InChI=1S/C11H17NOS/c1-8-2-3-9(5-12)11(4-8)14-10-6-13-7-10/h8-11H,2-4,6-7H2,1H3. The van der Waals surface area contributed by atoms with Crippen LogP contribution in [0.4, 0.5) is 0 Å². The predicted molar refractivity (Wildman–Crippen MR) is 58.1 cm³/mol. The summed E-state index contributed by atoms with van der Waals surface area (Å²) in [5, 5.41) is 10.3. The van der Waals surface area contributed by atoms with Gasteiger partial charge in [0.05, 0.1) is 30.5 Å². The highest BCUT2D eigenvalue weighted by Gasteiger charge is 2.33. The van der Waals surface area contributed by atoms with Crippen molar-refractivity contribution in [3.05, 3.63) is 0 Å². The molecule has 14 heavy (non-hydrogen) atoms. The van der Waals surface area contributed by atoms with E-state index in [2.05, 4.69) is 13.0 Å². The van der Waals surface area contributed by atoms with Gasteiger partial charge in [-0.25, -0.2) is 0 Å². The van der Waals surface area contributed by atoms with Crippen molar-refractivity contribution in [1.82, 2.24) is 0 Å². The van der Waals surface area contributed by atoms with Crippen LogP contribution in [0.1, 0.15) is 26.2 Å². The van der Waals surface area contributed by atoms with Crippen LogP contribution in [0.3, 0.4) is 0 Å². The lowest BCUT2D eigenvalue weighted by atomic mass is 9.83. The van der Waals surface area contributed by atoms with Gasteiger partial charge in [0.1, 0.15) is 0 Å². The second-order valence-electron chi connectivity index (χ2n) is 4.49. The fourth-order valence-electron chi connectivity index (χ4n) is 2.17. The molecule has 0 aromatic carbocycles. The molecule has 0 spiro atoms. The zero-order chi connectivity index (χ0) is 9.97. The summed E-state index contributed by atoms with van der Waals surface area (Å²) < 4.78 is 5.17. The van der Waals surface area contributed by atoms with E-state index >= 15 is 0 Å². The molecule has 3 atom stereocenters. The number of nitriles is 1. The minimum Gasteiger partial charge on any atom is -0.379 e. The van der Waals surface area contributed by atoms with Gasteiger partial charge in [0.15, 0.2) is 0 Å². The zero-order valence-corrected chi connectivity index (χ0v) is 9.43. The third kappa shape index (κ3) is 2.24. The molecular weight excluding hydrogens is 194 g/mol. The van der Waals surface area contributed by atoms with E-state index in [1.807, 2.05) is 11.8 Å². The van der Waals surface area contributed by atoms with E-state index < -0.39 is 0 Å². The topological polar surface area (TPSA) is 33.0 Å². The maximum Gasteiger partial charge on any atom is 0.0667 e. The van der Waals surface area contributed by atoms with E-state index in [1.54, 1.807) is 0 Å². The summed E-state index contributed by atoms with van der Waals surface area (Å²) in [6.07, 6.45) is 3.55. The van der Waals surface area contributed by atoms with Gasteiger partial charge >= 0.3 is 0 Å². The van der Waals surface area contributed by atoms with Crippen molar-refractivity contribution >= 4 is 11.8 Å². The van der Waals surface area contributed by atoms with Crippen molar-refractivity contribution in [2.75, 3.05) is 13.2 Å². The summed E-state index contributed by atoms with van der Waals surface area (Å²) >= 11 is 2.00. The van der Waals surface area contributed by atoms with E-state index in [4.69, 9.17) is 10.00 Å². The molecule has 1 aliphatic heterocycles. The molecular formula is C11H17NOS. The third-order valence-corrected chi connectivity index (χ3v) is 4.72. The van der Waals surface area contributed by atoms with Crippen LogP contribution in [0.15, 0.2) is 0 Å². The Hall–Kier alpha value is -0.200. The predicted octanol–water partition coefficient (Wildman–Crippen LogP) is 2.45. The van der Waals surface area contributed by atoms with Crippen LogP contribution >= 0.6 is 11.8 Å². The number of thioether (sulfide) groups is 1. The van der Waals surface area contributed by atoms with Crippen molar-refractivity contribution in [1.29, 1.82) is 5.26 Å². The summed E-state index contributed by atoms with van der Waals surface area (Å²) in [5.41, 5.74) is 0. The van der Waals surface area contributed by atoms with Gasteiger partial charge in [0.25, 0.3) is 0 Å². The van der Waals surface area contributed by atoms with Gasteiger partial charge < -0.3 is 4.74 Å².